The Hall–Kier alpha value is -1.73. The molecule has 2 rings (SSSR count). The average Bonchev–Trinajstić information content (AvgIpc) is 2.95. The lowest BCUT2D eigenvalue weighted by Gasteiger charge is -2.04. The minimum atomic E-state index is -0.160. The molecular weight excluding hydrogens is 274 g/mol. The van der Waals surface area contributed by atoms with Crippen LogP contribution in [-0.2, 0) is 20.0 Å². The zero-order chi connectivity index (χ0) is 14.7. The van der Waals surface area contributed by atoms with Crippen molar-refractivity contribution in [2.45, 2.75) is 26.8 Å². The molecule has 1 amide bonds. The van der Waals surface area contributed by atoms with Crippen LogP contribution in [0.25, 0.3) is 0 Å². The van der Waals surface area contributed by atoms with Crippen molar-refractivity contribution in [2.24, 2.45) is 12.8 Å². The van der Waals surface area contributed by atoms with Gasteiger partial charge in [0.2, 0.25) is 0 Å². The molecule has 0 spiro atoms. The van der Waals surface area contributed by atoms with Gasteiger partial charge in [-0.15, -0.1) is 11.3 Å². The van der Waals surface area contributed by atoms with Crippen LogP contribution in [0, 0.1) is 13.8 Å². The van der Waals surface area contributed by atoms with E-state index in [-0.39, 0.29) is 5.91 Å². The van der Waals surface area contributed by atoms with Crippen LogP contribution >= 0.6 is 11.3 Å². The molecule has 2 aromatic heterocycles. The van der Waals surface area contributed by atoms with E-state index < -0.39 is 0 Å². The lowest BCUT2D eigenvalue weighted by atomic mass is 10.2. The lowest BCUT2D eigenvalue weighted by molar-refractivity contribution is 0.0946. The first-order valence-corrected chi connectivity index (χ1v) is 7.32. The fraction of sp³-hybridized carbons (Fsp3) is 0.462. The molecule has 0 saturated carbocycles. The summed E-state index contributed by atoms with van der Waals surface area (Å²) in [7, 11) is 1.90. The molecule has 20 heavy (non-hydrogen) atoms. The van der Waals surface area contributed by atoms with E-state index in [1.165, 1.54) is 11.3 Å². The first-order chi connectivity index (χ1) is 9.52. The first kappa shape index (κ1) is 14.7. The van der Waals surface area contributed by atoms with Gasteiger partial charge in [0.15, 0.2) is 0 Å². The highest BCUT2D eigenvalue weighted by molar-refractivity contribution is 7.09. The molecular formula is C13H19N5OS. The summed E-state index contributed by atoms with van der Waals surface area (Å²) in [5, 5.41) is 9.88. The topological polar surface area (TPSA) is 85.8 Å². The van der Waals surface area contributed by atoms with E-state index in [2.05, 4.69) is 15.4 Å². The normalized spacial score (nSPS) is 10.8. The summed E-state index contributed by atoms with van der Waals surface area (Å²) in [5.41, 5.74) is 8.98. The third kappa shape index (κ3) is 3.05. The Balaban J connectivity index is 2.01. The number of nitrogens with two attached hydrogens (primary N) is 1. The number of hydrogen-bond donors (Lipinski definition) is 2. The van der Waals surface area contributed by atoms with Gasteiger partial charge in [-0.05, 0) is 20.4 Å². The number of hydrogen-bond acceptors (Lipinski definition) is 5. The number of carbonyl (C=O) groups excluding carboxylic acids is 1. The van der Waals surface area contributed by atoms with Crippen molar-refractivity contribution in [1.29, 1.82) is 0 Å². The zero-order valence-corrected chi connectivity index (χ0v) is 12.8. The summed E-state index contributed by atoms with van der Waals surface area (Å²) in [6.07, 6.45) is 0.707. The molecule has 0 aliphatic heterocycles. The number of rotatable bonds is 5. The molecule has 2 aromatic rings. The van der Waals surface area contributed by atoms with Gasteiger partial charge in [-0.1, -0.05) is 0 Å². The van der Waals surface area contributed by atoms with Gasteiger partial charge in [0.25, 0.3) is 5.91 Å². The SMILES string of the molecule is Cc1nn(C)c(C)c1CNC(=O)c1csc(CCN)n1. The van der Waals surface area contributed by atoms with Crippen LogP contribution in [0.15, 0.2) is 5.38 Å². The second-order valence-corrected chi connectivity index (χ2v) is 5.56. The van der Waals surface area contributed by atoms with Crippen molar-refractivity contribution >= 4 is 17.2 Å². The third-order valence-electron chi connectivity index (χ3n) is 3.23. The monoisotopic (exact) mass is 293 g/mol. The van der Waals surface area contributed by atoms with Gasteiger partial charge in [-0.25, -0.2) is 4.98 Å². The zero-order valence-electron chi connectivity index (χ0n) is 11.9. The molecule has 0 atom stereocenters. The van der Waals surface area contributed by atoms with Crippen molar-refractivity contribution in [3.63, 3.8) is 0 Å². The molecule has 0 aliphatic rings. The summed E-state index contributed by atoms with van der Waals surface area (Å²) in [6.45, 7) is 4.94. The van der Waals surface area contributed by atoms with Gasteiger partial charge in [-0.3, -0.25) is 9.48 Å². The largest absolute Gasteiger partial charge is 0.346 e. The van der Waals surface area contributed by atoms with Gasteiger partial charge in [-0.2, -0.15) is 5.10 Å². The van der Waals surface area contributed by atoms with Crippen molar-refractivity contribution in [1.82, 2.24) is 20.1 Å². The maximum atomic E-state index is 12.0. The molecule has 2 heterocycles. The molecule has 0 radical (unpaired) electrons. The number of carbonyl (C=O) groups is 1. The van der Waals surface area contributed by atoms with E-state index in [4.69, 9.17) is 5.73 Å². The fourth-order valence-corrected chi connectivity index (χ4v) is 2.78. The molecule has 0 saturated heterocycles. The number of nitrogens with zero attached hydrogens (tertiary/aromatic N) is 3. The highest BCUT2D eigenvalue weighted by atomic mass is 32.1. The molecule has 7 heteroatoms. The van der Waals surface area contributed by atoms with Crippen LogP contribution in [0.4, 0.5) is 0 Å². The van der Waals surface area contributed by atoms with E-state index in [9.17, 15) is 4.79 Å². The Morgan fingerprint density at radius 2 is 2.25 bits per heavy atom. The van der Waals surface area contributed by atoms with Crippen molar-refractivity contribution in [2.75, 3.05) is 6.54 Å². The second kappa shape index (κ2) is 6.15. The summed E-state index contributed by atoms with van der Waals surface area (Å²) in [6, 6.07) is 0. The van der Waals surface area contributed by atoms with Crippen molar-refractivity contribution in [3.8, 4) is 0 Å². The van der Waals surface area contributed by atoms with Gasteiger partial charge in [0.05, 0.1) is 10.7 Å². The van der Waals surface area contributed by atoms with Gasteiger partial charge in [0, 0.05) is 36.7 Å². The number of amides is 1. The van der Waals surface area contributed by atoms with Crippen LogP contribution < -0.4 is 11.1 Å². The number of thiazole rings is 1. The molecule has 0 bridgehead atoms. The number of nitrogens with one attached hydrogen (secondary N) is 1. The smallest absolute Gasteiger partial charge is 0.271 e. The molecule has 0 aliphatic carbocycles. The average molecular weight is 293 g/mol. The fourth-order valence-electron chi connectivity index (χ4n) is 1.99. The third-order valence-corrected chi connectivity index (χ3v) is 4.14. The van der Waals surface area contributed by atoms with Crippen molar-refractivity contribution < 1.29 is 4.79 Å². The minimum Gasteiger partial charge on any atom is -0.346 e. The Labute approximate surface area is 122 Å². The molecule has 0 unspecified atom stereocenters. The lowest BCUT2D eigenvalue weighted by Crippen LogP contribution is -2.23. The second-order valence-electron chi connectivity index (χ2n) is 4.62. The summed E-state index contributed by atoms with van der Waals surface area (Å²) >= 11 is 1.47. The van der Waals surface area contributed by atoms with E-state index >= 15 is 0 Å². The summed E-state index contributed by atoms with van der Waals surface area (Å²) < 4.78 is 1.82. The predicted molar refractivity (Wildman–Crippen MR) is 78.7 cm³/mol. The quantitative estimate of drug-likeness (QED) is 0.858. The van der Waals surface area contributed by atoms with Crippen LogP contribution in [0.5, 0.6) is 0 Å². The predicted octanol–water partition coefficient (Wildman–Crippen LogP) is 0.925. The molecule has 108 valence electrons. The van der Waals surface area contributed by atoms with Crippen LogP contribution in [-0.4, -0.2) is 27.2 Å². The maximum Gasteiger partial charge on any atom is 0.271 e. The Bertz CT molecular complexity index is 616. The number of aryl methyl sites for hydroxylation is 2. The molecule has 0 aromatic carbocycles. The first-order valence-electron chi connectivity index (χ1n) is 6.44. The van der Waals surface area contributed by atoms with Gasteiger partial charge in [0.1, 0.15) is 5.69 Å². The van der Waals surface area contributed by atoms with Crippen LogP contribution in [0.2, 0.25) is 0 Å². The van der Waals surface area contributed by atoms with E-state index in [0.717, 1.165) is 22.0 Å². The van der Waals surface area contributed by atoms with Crippen LogP contribution in [0.1, 0.15) is 32.4 Å². The van der Waals surface area contributed by atoms with E-state index in [1.807, 2.05) is 25.6 Å². The van der Waals surface area contributed by atoms with E-state index in [0.29, 0.717) is 25.2 Å². The molecule has 0 fully saturated rings. The Kier molecular flexibility index (Phi) is 4.51. The Morgan fingerprint density at radius 3 is 2.85 bits per heavy atom. The minimum absolute atomic E-state index is 0.160. The van der Waals surface area contributed by atoms with Gasteiger partial charge >= 0.3 is 0 Å². The highest BCUT2D eigenvalue weighted by Crippen LogP contribution is 2.13. The summed E-state index contributed by atoms with van der Waals surface area (Å²) in [4.78, 5) is 16.3. The van der Waals surface area contributed by atoms with Gasteiger partial charge < -0.3 is 11.1 Å². The standard InChI is InChI=1S/C13H19N5OS/c1-8-10(9(2)18(3)17-8)6-15-13(19)11-7-20-12(16-11)4-5-14/h7H,4-6,14H2,1-3H3,(H,15,19). The molecule has 3 N–H and O–H groups in total. The van der Waals surface area contributed by atoms with Crippen LogP contribution in [0.3, 0.4) is 0 Å². The molecule has 6 nitrogen and oxygen atoms in total. The maximum absolute atomic E-state index is 12.0. The summed E-state index contributed by atoms with van der Waals surface area (Å²) in [5.74, 6) is -0.160. The highest BCUT2D eigenvalue weighted by Gasteiger charge is 2.13. The number of aromatic nitrogens is 3. The Morgan fingerprint density at radius 1 is 1.50 bits per heavy atom. The van der Waals surface area contributed by atoms with E-state index in [1.54, 1.807) is 5.38 Å². The van der Waals surface area contributed by atoms with Crippen molar-refractivity contribution in [3.05, 3.63) is 33.0 Å².